The Kier molecular flexibility index (Phi) is 2.38. The van der Waals surface area contributed by atoms with Crippen LogP contribution in [0.15, 0.2) is 0 Å². The number of nitrogens with zero attached hydrogens (tertiary/aromatic N) is 1. The SMILES string of the molecule is CC(C)(C)C1CCN(C2COC2)C2(CC2)C1. The van der Waals surface area contributed by atoms with Crippen LogP contribution in [0, 0.1) is 11.3 Å². The van der Waals surface area contributed by atoms with Crippen molar-refractivity contribution in [2.45, 2.75) is 58.0 Å². The van der Waals surface area contributed by atoms with Gasteiger partial charge in [0.2, 0.25) is 0 Å². The van der Waals surface area contributed by atoms with Crippen LogP contribution in [-0.2, 0) is 4.74 Å². The zero-order valence-corrected chi connectivity index (χ0v) is 11.0. The van der Waals surface area contributed by atoms with Gasteiger partial charge in [0.1, 0.15) is 0 Å². The molecule has 92 valence electrons. The second-order valence-corrected chi connectivity index (χ2v) is 7.16. The molecule has 0 aromatic heterocycles. The first-order valence-corrected chi connectivity index (χ1v) is 6.86. The summed E-state index contributed by atoms with van der Waals surface area (Å²) in [7, 11) is 0. The van der Waals surface area contributed by atoms with Gasteiger partial charge in [-0.3, -0.25) is 4.90 Å². The Hall–Kier alpha value is -0.0800. The molecule has 3 aliphatic rings. The van der Waals surface area contributed by atoms with E-state index in [9.17, 15) is 0 Å². The minimum Gasteiger partial charge on any atom is -0.378 e. The van der Waals surface area contributed by atoms with Crippen molar-refractivity contribution >= 4 is 0 Å². The highest BCUT2D eigenvalue weighted by Crippen LogP contribution is 2.54. The van der Waals surface area contributed by atoms with E-state index in [0.717, 1.165) is 25.2 Å². The van der Waals surface area contributed by atoms with E-state index in [1.807, 2.05) is 0 Å². The molecule has 0 amide bonds. The minimum absolute atomic E-state index is 0.498. The second-order valence-electron chi connectivity index (χ2n) is 7.16. The minimum atomic E-state index is 0.498. The molecule has 0 bridgehead atoms. The van der Waals surface area contributed by atoms with Crippen molar-refractivity contribution in [2.24, 2.45) is 11.3 Å². The number of hydrogen-bond acceptors (Lipinski definition) is 2. The van der Waals surface area contributed by atoms with Crippen LogP contribution in [0.5, 0.6) is 0 Å². The molecule has 1 unspecified atom stereocenters. The highest BCUT2D eigenvalue weighted by molar-refractivity contribution is 5.10. The van der Waals surface area contributed by atoms with Crippen LogP contribution in [0.1, 0.15) is 46.5 Å². The Morgan fingerprint density at radius 2 is 1.88 bits per heavy atom. The summed E-state index contributed by atoms with van der Waals surface area (Å²) in [6.45, 7) is 10.5. The van der Waals surface area contributed by atoms with Gasteiger partial charge < -0.3 is 4.74 Å². The van der Waals surface area contributed by atoms with Crippen LogP contribution >= 0.6 is 0 Å². The van der Waals surface area contributed by atoms with Gasteiger partial charge in [0, 0.05) is 5.54 Å². The molecule has 0 radical (unpaired) electrons. The van der Waals surface area contributed by atoms with Gasteiger partial charge in [-0.15, -0.1) is 0 Å². The van der Waals surface area contributed by atoms with Crippen molar-refractivity contribution in [1.82, 2.24) is 4.90 Å². The Balaban J connectivity index is 1.70. The van der Waals surface area contributed by atoms with E-state index in [0.29, 0.717) is 11.0 Å². The lowest BCUT2D eigenvalue weighted by Crippen LogP contribution is -2.58. The van der Waals surface area contributed by atoms with Crippen molar-refractivity contribution in [3.63, 3.8) is 0 Å². The second kappa shape index (κ2) is 3.46. The third-order valence-corrected chi connectivity index (χ3v) is 5.07. The molecule has 2 aliphatic heterocycles. The molecule has 3 rings (SSSR count). The average molecular weight is 223 g/mol. The summed E-state index contributed by atoms with van der Waals surface area (Å²) in [5.41, 5.74) is 1.10. The van der Waals surface area contributed by atoms with E-state index in [2.05, 4.69) is 25.7 Å². The smallest absolute Gasteiger partial charge is 0.0645 e. The molecule has 1 spiro atoms. The molecule has 0 aromatic carbocycles. The van der Waals surface area contributed by atoms with Gasteiger partial charge in [0.25, 0.3) is 0 Å². The lowest BCUT2D eigenvalue weighted by molar-refractivity contribution is -0.105. The molecule has 2 nitrogen and oxygen atoms in total. The van der Waals surface area contributed by atoms with Crippen molar-refractivity contribution in [1.29, 1.82) is 0 Å². The molecule has 1 saturated carbocycles. The van der Waals surface area contributed by atoms with Gasteiger partial charge in [0.15, 0.2) is 0 Å². The highest BCUT2D eigenvalue weighted by Gasteiger charge is 2.55. The summed E-state index contributed by atoms with van der Waals surface area (Å²) in [6.07, 6.45) is 5.71. The van der Waals surface area contributed by atoms with Crippen LogP contribution in [-0.4, -0.2) is 36.2 Å². The molecule has 16 heavy (non-hydrogen) atoms. The van der Waals surface area contributed by atoms with E-state index in [-0.39, 0.29) is 0 Å². The maximum Gasteiger partial charge on any atom is 0.0645 e. The van der Waals surface area contributed by atoms with Gasteiger partial charge in [-0.25, -0.2) is 0 Å². The zero-order chi connectivity index (χ0) is 11.4. The van der Waals surface area contributed by atoms with Crippen LogP contribution < -0.4 is 0 Å². The normalized spacial score (nSPS) is 35.1. The van der Waals surface area contributed by atoms with Crippen molar-refractivity contribution in [3.05, 3.63) is 0 Å². The van der Waals surface area contributed by atoms with E-state index >= 15 is 0 Å². The maximum absolute atomic E-state index is 5.36. The Morgan fingerprint density at radius 3 is 2.31 bits per heavy atom. The molecular weight excluding hydrogens is 198 g/mol. The number of ether oxygens (including phenoxy) is 1. The van der Waals surface area contributed by atoms with Gasteiger partial charge in [-0.05, 0) is 43.6 Å². The molecule has 2 heterocycles. The van der Waals surface area contributed by atoms with Gasteiger partial charge >= 0.3 is 0 Å². The van der Waals surface area contributed by atoms with Crippen molar-refractivity contribution in [3.8, 4) is 0 Å². The summed E-state index contributed by atoms with van der Waals surface area (Å²) < 4.78 is 5.36. The van der Waals surface area contributed by atoms with Gasteiger partial charge in [-0.2, -0.15) is 0 Å². The third-order valence-electron chi connectivity index (χ3n) is 5.07. The molecule has 0 aromatic rings. The first-order chi connectivity index (χ1) is 7.51. The summed E-state index contributed by atoms with van der Waals surface area (Å²) in [6, 6.07) is 0.753. The molecule has 2 heteroatoms. The Morgan fingerprint density at radius 1 is 1.19 bits per heavy atom. The molecule has 1 atom stereocenters. The largest absolute Gasteiger partial charge is 0.378 e. The van der Waals surface area contributed by atoms with Crippen molar-refractivity contribution < 1.29 is 4.74 Å². The number of rotatable bonds is 1. The third kappa shape index (κ3) is 1.70. The first-order valence-electron chi connectivity index (χ1n) is 6.86. The highest BCUT2D eigenvalue weighted by atomic mass is 16.5. The van der Waals surface area contributed by atoms with E-state index in [1.165, 1.54) is 32.2 Å². The van der Waals surface area contributed by atoms with Gasteiger partial charge in [-0.1, -0.05) is 20.8 Å². The van der Waals surface area contributed by atoms with Crippen LogP contribution in [0.3, 0.4) is 0 Å². The Labute approximate surface area is 99.3 Å². The first kappa shape index (κ1) is 11.0. The maximum atomic E-state index is 5.36. The van der Waals surface area contributed by atoms with Gasteiger partial charge in [0.05, 0.1) is 19.3 Å². The monoisotopic (exact) mass is 223 g/mol. The molecule has 3 fully saturated rings. The fraction of sp³-hybridized carbons (Fsp3) is 1.00. The standard InChI is InChI=1S/C14H25NO/c1-13(2,3)11-4-7-15(12-9-16-10-12)14(8-11)5-6-14/h11-12H,4-10H2,1-3H3. The van der Waals surface area contributed by atoms with Crippen molar-refractivity contribution in [2.75, 3.05) is 19.8 Å². The molecular formula is C14H25NO. The fourth-order valence-corrected chi connectivity index (χ4v) is 3.56. The topological polar surface area (TPSA) is 12.5 Å². The van der Waals surface area contributed by atoms with E-state index in [4.69, 9.17) is 4.74 Å². The summed E-state index contributed by atoms with van der Waals surface area (Å²) in [5, 5.41) is 0. The predicted octanol–water partition coefficient (Wildman–Crippen LogP) is 2.68. The number of piperidine rings is 1. The van der Waals surface area contributed by atoms with E-state index < -0.39 is 0 Å². The lowest BCUT2D eigenvalue weighted by atomic mass is 9.72. The molecule has 1 aliphatic carbocycles. The summed E-state index contributed by atoms with van der Waals surface area (Å²) in [4.78, 5) is 2.79. The number of hydrogen-bond donors (Lipinski definition) is 0. The fourth-order valence-electron chi connectivity index (χ4n) is 3.56. The zero-order valence-electron chi connectivity index (χ0n) is 11.0. The van der Waals surface area contributed by atoms with Crippen LogP contribution in [0.25, 0.3) is 0 Å². The predicted molar refractivity (Wildman–Crippen MR) is 65.5 cm³/mol. The van der Waals surface area contributed by atoms with E-state index in [1.54, 1.807) is 0 Å². The Bertz CT molecular complexity index is 273. The summed E-state index contributed by atoms with van der Waals surface area (Å²) >= 11 is 0. The van der Waals surface area contributed by atoms with Crippen LogP contribution in [0.2, 0.25) is 0 Å². The van der Waals surface area contributed by atoms with Crippen LogP contribution in [0.4, 0.5) is 0 Å². The molecule has 2 saturated heterocycles. The average Bonchev–Trinajstić information content (AvgIpc) is 2.85. The quantitative estimate of drug-likeness (QED) is 0.677. The number of likely N-dealkylation sites (tertiary alicyclic amines) is 1. The summed E-state index contributed by atoms with van der Waals surface area (Å²) in [5.74, 6) is 0.923. The molecule has 0 N–H and O–H groups in total. The lowest BCUT2D eigenvalue weighted by Gasteiger charge is -2.50.